The fraction of sp³-hybridized carbons (Fsp3) is 0.143. The predicted octanol–water partition coefficient (Wildman–Crippen LogP) is 2.88. The first kappa shape index (κ1) is 7.49. The highest BCUT2D eigenvalue weighted by Crippen LogP contribution is 2.35. The molecule has 0 aromatic heterocycles. The van der Waals surface area contributed by atoms with E-state index in [9.17, 15) is 0 Å². The lowest BCUT2D eigenvalue weighted by Crippen LogP contribution is -2.07. The largest absolute Gasteiger partial charge is 0.365 e. The van der Waals surface area contributed by atoms with Crippen LogP contribution in [0.5, 0.6) is 0 Å². The number of hydrogen-bond donors (Lipinski definition) is 1. The van der Waals surface area contributed by atoms with Gasteiger partial charge in [-0.15, -0.1) is 0 Å². The van der Waals surface area contributed by atoms with Crippen molar-refractivity contribution in [1.29, 1.82) is 0 Å². The highest BCUT2D eigenvalue weighted by atomic mass is 127. The molecule has 0 fully saturated rings. The molecule has 1 aromatic rings. The highest BCUT2D eigenvalue weighted by molar-refractivity contribution is 14.1. The van der Waals surface area contributed by atoms with Crippen molar-refractivity contribution < 1.29 is 0 Å². The zero-order chi connectivity index (χ0) is 7.84. The Balaban J connectivity index is 2.50. The zero-order valence-corrected chi connectivity index (χ0v) is 8.56. The number of hydrogen-bond acceptors (Lipinski definition) is 2. The van der Waals surface area contributed by atoms with Gasteiger partial charge in [0.1, 0.15) is 0 Å². The second-order valence-electron chi connectivity index (χ2n) is 2.36. The summed E-state index contributed by atoms with van der Waals surface area (Å²) in [6, 6.07) is 5.86. The predicted molar refractivity (Wildman–Crippen MR) is 56.4 cm³/mol. The van der Waals surface area contributed by atoms with Gasteiger partial charge in [0.05, 0.1) is 40.9 Å². The van der Waals surface area contributed by atoms with Crippen molar-refractivity contribution in [3.8, 4) is 0 Å². The average molecular weight is 280 g/mol. The molecule has 0 aliphatic carbocycles. The van der Waals surface area contributed by atoms with Crippen molar-refractivity contribution in [3.63, 3.8) is 0 Å². The van der Waals surface area contributed by atoms with Gasteiger partial charge in [-0.2, -0.15) is 0 Å². The summed E-state index contributed by atoms with van der Waals surface area (Å²) in [5.74, 6) is 0. The van der Waals surface area contributed by atoms with Crippen LogP contribution in [-0.2, 0) is 0 Å². The molecule has 11 heavy (non-hydrogen) atoms. The van der Waals surface area contributed by atoms with Crippen LogP contribution >= 0.6 is 34.5 Å². The van der Waals surface area contributed by atoms with E-state index in [0.717, 1.165) is 17.4 Å². The van der Waals surface area contributed by atoms with Crippen LogP contribution in [-0.4, -0.2) is 6.67 Å². The summed E-state index contributed by atoms with van der Waals surface area (Å²) in [4.78, 5) is 0. The Kier molecular flexibility index (Phi) is 1.85. The standard InChI is InChI=1S/C7H6ClIN2/c8-5-1-2-7-6(3-5)10-4-11(7)9/h1-3,10H,4H2. The van der Waals surface area contributed by atoms with Gasteiger partial charge in [-0.05, 0) is 18.2 Å². The molecule has 0 unspecified atom stereocenters. The summed E-state index contributed by atoms with van der Waals surface area (Å²) < 4.78 is 2.11. The number of halogens is 2. The summed E-state index contributed by atoms with van der Waals surface area (Å²) in [6.07, 6.45) is 0. The molecule has 2 nitrogen and oxygen atoms in total. The van der Waals surface area contributed by atoms with E-state index >= 15 is 0 Å². The molecule has 0 atom stereocenters. The minimum absolute atomic E-state index is 0.781. The van der Waals surface area contributed by atoms with E-state index < -0.39 is 0 Å². The van der Waals surface area contributed by atoms with Crippen molar-refractivity contribution >= 4 is 45.8 Å². The molecule has 1 aliphatic heterocycles. The molecule has 1 aromatic carbocycles. The van der Waals surface area contributed by atoms with Crippen LogP contribution in [0.4, 0.5) is 11.4 Å². The lowest BCUT2D eigenvalue weighted by molar-refractivity contribution is 1.23. The second kappa shape index (κ2) is 2.71. The van der Waals surface area contributed by atoms with Crippen LogP contribution < -0.4 is 8.43 Å². The van der Waals surface area contributed by atoms with Crippen molar-refractivity contribution in [2.45, 2.75) is 0 Å². The number of rotatable bonds is 0. The number of fused-ring (bicyclic) bond motifs is 1. The lowest BCUT2D eigenvalue weighted by Gasteiger charge is -2.05. The van der Waals surface area contributed by atoms with E-state index in [0.29, 0.717) is 0 Å². The maximum Gasteiger partial charge on any atom is 0.0973 e. The molecule has 0 saturated heterocycles. The smallest absolute Gasteiger partial charge is 0.0973 e. The van der Waals surface area contributed by atoms with Gasteiger partial charge in [0, 0.05) is 5.02 Å². The summed E-state index contributed by atoms with van der Waals surface area (Å²) in [5, 5.41) is 4.01. The first-order valence-corrected chi connectivity index (χ1v) is 4.58. The average Bonchev–Trinajstić information content (AvgIpc) is 2.32. The summed E-state index contributed by atoms with van der Waals surface area (Å²) >= 11 is 8.07. The molecule has 1 heterocycles. The van der Waals surface area contributed by atoms with Gasteiger partial charge in [0.15, 0.2) is 0 Å². The Morgan fingerprint density at radius 1 is 1.55 bits per heavy atom. The highest BCUT2D eigenvalue weighted by Gasteiger charge is 2.15. The molecule has 0 saturated carbocycles. The third-order valence-corrected chi connectivity index (χ3v) is 2.72. The zero-order valence-electron chi connectivity index (χ0n) is 5.64. The third-order valence-electron chi connectivity index (χ3n) is 1.63. The molecule has 1 aliphatic rings. The monoisotopic (exact) mass is 280 g/mol. The van der Waals surface area contributed by atoms with E-state index in [1.54, 1.807) is 0 Å². The molecular formula is C7H6ClIN2. The Morgan fingerprint density at radius 3 is 3.18 bits per heavy atom. The molecule has 0 bridgehead atoms. The van der Waals surface area contributed by atoms with E-state index in [-0.39, 0.29) is 0 Å². The number of anilines is 2. The van der Waals surface area contributed by atoms with E-state index in [4.69, 9.17) is 11.6 Å². The molecule has 0 spiro atoms. The summed E-state index contributed by atoms with van der Waals surface area (Å²) in [7, 11) is 0. The Labute approximate surface area is 84.0 Å². The maximum atomic E-state index is 5.81. The fourth-order valence-corrected chi connectivity index (χ4v) is 1.86. The minimum Gasteiger partial charge on any atom is -0.365 e. The van der Waals surface area contributed by atoms with E-state index in [2.05, 4.69) is 31.3 Å². The third kappa shape index (κ3) is 1.27. The van der Waals surface area contributed by atoms with Gasteiger partial charge in [-0.1, -0.05) is 11.6 Å². The molecule has 2 rings (SSSR count). The van der Waals surface area contributed by atoms with Crippen LogP contribution in [0.2, 0.25) is 5.02 Å². The van der Waals surface area contributed by atoms with Gasteiger partial charge in [-0.25, -0.2) is 0 Å². The molecule has 58 valence electrons. The number of benzene rings is 1. The second-order valence-corrected chi connectivity index (χ2v) is 3.96. The van der Waals surface area contributed by atoms with Gasteiger partial charge < -0.3 is 5.32 Å². The van der Waals surface area contributed by atoms with Crippen LogP contribution in [0, 0.1) is 0 Å². The van der Waals surface area contributed by atoms with Gasteiger partial charge in [0.2, 0.25) is 0 Å². The normalized spacial score (nSPS) is 14.5. The summed E-state index contributed by atoms with van der Waals surface area (Å²) in [5.41, 5.74) is 2.32. The SMILES string of the molecule is Clc1ccc2c(c1)NCN2I. The van der Waals surface area contributed by atoms with Gasteiger partial charge >= 0.3 is 0 Å². The number of nitrogens with zero attached hydrogens (tertiary/aromatic N) is 1. The first-order chi connectivity index (χ1) is 5.27. The van der Waals surface area contributed by atoms with Gasteiger partial charge in [0.25, 0.3) is 0 Å². The van der Waals surface area contributed by atoms with Crippen LogP contribution in [0.1, 0.15) is 0 Å². The maximum absolute atomic E-state index is 5.81. The van der Waals surface area contributed by atoms with E-state index in [1.807, 2.05) is 18.2 Å². The van der Waals surface area contributed by atoms with E-state index in [1.165, 1.54) is 5.69 Å². The van der Waals surface area contributed by atoms with Crippen molar-refractivity contribution in [3.05, 3.63) is 23.2 Å². The van der Waals surface area contributed by atoms with Crippen molar-refractivity contribution in [1.82, 2.24) is 0 Å². The van der Waals surface area contributed by atoms with Crippen molar-refractivity contribution in [2.75, 3.05) is 15.1 Å². The van der Waals surface area contributed by atoms with Crippen LogP contribution in [0.15, 0.2) is 18.2 Å². The lowest BCUT2D eigenvalue weighted by atomic mass is 10.3. The molecular weight excluding hydrogens is 274 g/mol. The fourth-order valence-electron chi connectivity index (χ4n) is 1.10. The van der Waals surface area contributed by atoms with Crippen LogP contribution in [0.25, 0.3) is 0 Å². The Hall–Kier alpha value is -0.160. The molecule has 4 heteroatoms. The Morgan fingerprint density at radius 2 is 2.36 bits per heavy atom. The molecule has 1 N–H and O–H groups in total. The van der Waals surface area contributed by atoms with Crippen LogP contribution in [0.3, 0.4) is 0 Å². The first-order valence-electron chi connectivity index (χ1n) is 3.24. The molecule has 0 radical (unpaired) electrons. The minimum atomic E-state index is 0.781. The number of nitrogens with one attached hydrogen (secondary N) is 1. The quantitative estimate of drug-likeness (QED) is 0.581. The van der Waals surface area contributed by atoms with Gasteiger partial charge in [-0.3, -0.25) is 3.11 Å². The summed E-state index contributed by atoms with van der Waals surface area (Å²) in [6.45, 7) is 0.857. The molecule has 0 amide bonds. The topological polar surface area (TPSA) is 15.3 Å². The van der Waals surface area contributed by atoms with Crippen molar-refractivity contribution in [2.24, 2.45) is 0 Å². The Bertz CT molecular complexity index is 290.